The molecule has 122 valence electrons. The highest BCUT2D eigenvalue weighted by atomic mass is 16.5. The molecule has 2 fully saturated rings. The molecule has 0 aromatic heterocycles. The Hall–Kier alpha value is -1.22. The first-order valence-electron chi connectivity index (χ1n) is 8.17. The number of hydrogen-bond acceptors (Lipinski definition) is 3. The van der Waals surface area contributed by atoms with E-state index in [1.165, 1.54) is 6.42 Å². The fourth-order valence-electron chi connectivity index (χ4n) is 5.28. The number of methoxy groups -OCH3 is 2. The van der Waals surface area contributed by atoms with Gasteiger partial charge in [0, 0.05) is 10.8 Å². The van der Waals surface area contributed by atoms with Crippen molar-refractivity contribution in [2.75, 3.05) is 14.2 Å². The third-order valence-electron chi connectivity index (χ3n) is 6.58. The second-order valence-corrected chi connectivity index (χ2v) is 7.98. The molecule has 3 nitrogen and oxygen atoms in total. The highest BCUT2D eigenvalue weighted by Gasteiger charge is 2.70. The monoisotopic (exact) mass is 304 g/mol. The molecular formula is C19H28O3. The molecule has 2 unspecified atom stereocenters. The number of aliphatic hydroxyl groups is 1. The van der Waals surface area contributed by atoms with Crippen LogP contribution in [-0.2, 0) is 5.60 Å². The zero-order chi connectivity index (χ0) is 16.3. The molecule has 3 atom stereocenters. The van der Waals surface area contributed by atoms with E-state index in [0.29, 0.717) is 5.92 Å². The van der Waals surface area contributed by atoms with Crippen molar-refractivity contribution in [1.82, 2.24) is 0 Å². The minimum atomic E-state index is -0.937. The molecule has 0 aliphatic heterocycles. The third-order valence-corrected chi connectivity index (χ3v) is 6.58. The lowest BCUT2D eigenvalue weighted by Gasteiger charge is -2.51. The molecule has 0 saturated heterocycles. The maximum atomic E-state index is 12.0. The average Bonchev–Trinajstić information content (AvgIpc) is 2.94. The molecular weight excluding hydrogens is 276 g/mol. The van der Waals surface area contributed by atoms with Crippen LogP contribution in [0.25, 0.3) is 0 Å². The van der Waals surface area contributed by atoms with Crippen LogP contribution >= 0.6 is 0 Å². The number of fused-ring (bicyclic) bond motifs is 2. The van der Waals surface area contributed by atoms with Crippen molar-refractivity contribution < 1.29 is 14.6 Å². The summed E-state index contributed by atoms with van der Waals surface area (Å²) in [6.45, 7) is 8.63. The lowest BCUT2D eigenvalue weighted by Crippen LogP contribution is -2.51. The van der Waals surface area contributed by atoms with Crippen LogP contribution in [0.2, 0.25) is 0 Å². The number of benzene rings is 1. The van der Waals surface area contributed by atoms with E-state index >= 15 is 0 Å². The zero-order valence-electron chi connectivity index (χ0n) is 14.6. The number of aryl methyl sites for hydroxylation is 1. The maximum absolute atomic E-state index is 12.0. The Labute approximate surface area is 133 Å². The van der Waals surface area contributed by atoms with Crippen LogP contribution in [-0.4, -0.2) is 19.3 Å². The van der Waals surface area contributed by atoms with Crippen LogP contribution in [0, 0.1) is 23.7 Å². The maximum Gasteiger partial charge on any atom is 0.128 e. The van der Waals surface area contributed by atoms with Gasteiger partial charge in [-0.3, -0.25) is 0 Å². The molecule has 3 rings (SSSR count). The summed E-state index contributed by atoms with van der Waals surface area (Å²) in [7, 11) is 3.34. The van der Waals surface area contributed by atoms with E-state index in [-0.39, 0.29) is 10.8 Å². The SMILES string of the molecule is COc1cc(C)cc(OC)c1[C@@]1(O)C2(C)CCC(C2)C1(C)C. The van der Waals surface area contributed by atoms with Crippen molar-refractivity contribution >= 4 is 0 Å². The normalized spacial score (nSPS) is 35.7. The highest BCUT2D eigenvalue weighted by molar-refractivity contribution is 5.54. The zero-order valence-corrected chi connectivity index (χ0v) is 14.6. The Morgan fingerprint density at radius 3 is 2.05 bits per heavy atom. The first-order valence-corrected chi connectivity index (χ1v) is 8.17. The second kappa shape index (κ2) is 4.64. The predicted octanol–water partition coefficient (Wildman–Crippen LogP) is 4.05. The minimum Gasteiger partial charge on any atom is -0.496 e. The fourth-order valence-corrected chi connectivity index (χ4v) is 5.28. The Morgan fingerprint density at radius 2 is 1.64 bits per heavy atom. The molecule has 2 aliphatic rings. The Kier molecular flexibility index (Phi) is 3.30. The van der Waals surface area contributed by atoms with Crippen molar-refractivity contribution in [2.45, 2.75) is 52.6 Å². The van der Waals surface area contributed by atoms with Crippen LogP contribution in [0.5, 0.6) is 11.5 Å². The van der Waals surface area contributed by atoms with Gasteiger partial charge in [0.15, 0.2) is 0 Å². The lowest BCUT2D eigenvalue weighted by molar-refractivity contribution is -0.152. The van der Waals surface area contributed by atoms with Gasteiger partial charge in [0.05, 0.1) is 19.8 Å². The predicted molar refractivity (Wildman–Crippen MR) is 87.4 cm³/mol. The third kappa shape index (κ3) is 1.66. The molecule has 2 saturated carbocycles. The first kappa shape index (κ1) is 15.7. The summed E-state index contributed by atoms with van der Waals surface area (Å²) in [6.07, 6.45) is 3.32. The van der Waals surface area contributed by atoms with Crippen molar-refractivity contribution in [1.29, 1.82) is 0 Å². The number of ether oxygens (including phenoxy) is 2. The summed E-state index contributed by atoms with van der Waals surface area (Å²) in [5.74, 6) is 2.01. The van der Waals surface area contributed by atoms with Crippen LogP contribution in [0.1, 0.15) is 51.2 Å². The summed E-state index contributed by atoms with van der Waals surface area (Å²) >= 11 is 0. The quantitative estimate of drug-likeness (QED) is 0.915. The molecule has 2 bridgehead atoms. The molecule has 22 heavy (non-hydrogen) atoms. The van der Waals surface area contributed by atoms with Gasteiger partial charge in [-0.15, -0.1) is 0 Å². The Balaban J connectivity index is 2.30. The molecule has 1 N–H and O–H groups in total. The summed E-state index contributed by atoms with van der Waals surface area (Å²) in [5.41, 5.74) is 0.644. The van der Waals surface area contributed by atoms with Gasteiger partial charge in [-0.2, -0.15) is 0 Å². The van der Waals surface area contributed by atoms with E-state index in [4.69, 9.17) is 9.47 Å². The molecule has 1 aromatic carbocycles. The van der Waals surface area contributed by atoms with Crippen LogP contribution in [0.4, 0.5) is 0 Å². The van der Waals surface area contributed by atoms with E-state index in [9.17, 15) is 5.11 Å². The summed E-state index contributed by atoms with van der Waals surface area (Å²) < 4.78 is 11.3. The van der Waals surface area contributed by atoms with Gasteiger partial charge in [0.2, 0.25) is 0 Å². The minimum absolute atomic E-state index is 0.128. The first-order chi connectivity index (χ1) is 10.2. The van der Waals surface area contributed by atoms with Gasteiger partial charge < -0.3 is 14.6 Å². The van der Waals surface area contributed by atoms with E-state index in [1.807, 2.05) is 19.1 Å². The van der Waals surface area contributed by atoms with Gasteiger partial charge in [-0.05, 0) is 49.8 Å². The van der Waals surface area contributed by atoms with Gasteiger partial charge in [-0.25, -0.2) is 0 Å². The molecule has 1 aromatic rings. The van der Waals surface area contributed by atoms with E-state index < -0.39 is 5.60 Å². The fraction of sp³-hybridized carbons (Fsp3) is 0.684. The van der Waals surface area contributed by atoms with E-state index in [2.05, 4.69) is 20.8 Å². The van der Waals surface area contributed by atoms with Crippen molar-refractivity contribution in [3.63, 3.8) is 0 Å². The van der Waals surface area contributed by atoms with Crippen molar-refractivity contribution in [3.05, 3.63) is 23.3 Å². The summed E-state index contributed by atoms with van der Waals surface area (Å²) in [6, 6.07) is 4.00. The van der Waals surface area contributed by atoms with Gasteiger partial charge in [0.1, 0.15) is 17.1 Å². The topological polar surface area (TPSA) is 38.7 Å². The molecule has 0 amide bonds. The van der Waals surface area contributed by atoms with Crippen molar-refractivity contribution in [2.24, 2.45) is 16.7 Å². The standard InChI is InChI=1S/C19H28O3/c1-12-9-14(21-5)16(15(10-12)22-6)19(20)17(2,3)13-7-8-18(19,4)11-13/h9-10,13,20H,7-8,11H2,1-6H3/t13?,18?,19-/m0/s1. The van der Waals surface area contributed by atoms with Gasteiger partial charge >= 0.3 is 0 Å². The van der Waals surface area contributed by atoms with Crippen LogP contribution < -0.4 is 9.47 Å². The second-order valence-electron chi connectivity index (χ2n) is 7.98. The highest BCUT2D eigenvalue weighted by Crippen LogP contribution is 2.73. The smallest absolute Gasteiger partial charge is 0.128 e. The molecule has 2 aliphatic carbocycles. The average molecular weight is 304 g/mol. The van der Waals surface area contributed by atoms with Crippen molar-refractivity contribution in [3.8, 4) is 11.5 Å². The Morgan fingerprint density at radius 1 is 1.09 bits per heavy atom. The largest absolute Gasteiger partial charge is 0.496 e. The van der Waals surface area contributed by atoms with E-state index in [0.717, 1.165) is 35.5 Å². The van der Waals surface area contributed by atoms with Gasteiger partial charge in [-0.1, -0.05) is 20.8 Å². The Bertz CT molecular complexity index is 575. The number of hydrogen-bond donors (Lipinski definition) is 1. The van der Waals surface area contributed by atoms with Crippen LogP contribution in [0.15, 0.2) is 12.1 Å². The molecule has 0 spiro atoms. The number of rotatable bonds is 3. The van der Waals surface area contributed by atoms with Crippen LogP contribution in [0.3, 0.4) is 0 Å². The molecule has 3 heteroatoms. The summed E-state index contributed by atoms with van der Waals surface area (Å²) in [4.78, 5) is 0. The molecule has 0 radical (unpaired) electrons. The summed E-state index contributed by atoms with van der Waals surface area (Å²) in [5, 5.41) is 12.0. The molecule has 0 heterocycles. The van der Waals surface area contributed by atoms with E-state index in [1.54, 1.807) is 14.2 Å². The lowest BCUT2D eigenvalue weighted by atomic mass is 9.57. The van der Waals surface area contributed by atoms with Gasteiger partial charge in [0.25, 0.3) is 0 Å².